The Bertz CT molecular complexity index is 1440. The van der Waals surface area contributed by atoms with E-state index >= 15 is 0 Å². The number of hydrogen-bond donors (Lipinski definition) is 2. The summed E-state index contributed by atoms with van der Waals surface area (Å²) in [6.45, 7) is -0.470. The van der Waals surface area contributed by atoms with Crippen molar-refractivity contribution in [2.24, 2.45) is 5.92 Å². The second-order valence-corrected chi connectivity index (χ2v) is 10.4. The number of aliphatic hydroxyl groups is 1. The summed E-state index contributed by atoms with van der Waals surface area (Å²) in [6, 6.07) is 10.3. The third-order valence-electron chi connectivity index (χ3n) is 7.75. The lowest BCUT2D eigenvalue weighted by Crippen LogP contribution is -2.55. The van der Waals surface area contributed by atoms with Gasteiger partial charge in [-0.1, -0.05) is 18.2 Å². The number of carbonyl (C=O) groups excluding carboxylic acids is 2. The molecule has 12 heteroatoms. The Balaban J connectivity index is 1.40. The summed E-state index contributed by atoms with van der Waals surface area (Å²) < 4.78 is 81.5. The Kier molecular flexibility index (Phi) is 7.11. The molecular weight excluding hydrogens is 540 g/mol. The van der Waals surface area contributed by atoms with E-state index in [2.05, 4.69) is 10.3 Å². The number of imide groups is 1. The predicted octanol–water partition coefficient (Wildman–Crippen LogP) is 5.05. The van der Waals surface area contributed by atoms with E-state index in [0.717, 1.165) is 12.1 Å². The fourth-order valence-electron chi connectivity index (χ4n) is 5.54. The maximum absolute atomic E-state index is 14.3. The molecule has 3 atom stereocenters. The number of fused-ring (bicyclic) bond motifs is 1. The van der Waals surface area contributed by atoms with Gasteiger partial charge in [0.15, 0.2) is 0 Å². The summed E-state index contributed by atoms with van der Waals surface area (Å²) in [4.78, 5) is 29.6. The summed E-state index contributed by atoms with van der Waals surface area (Å²) in [6.07, 6.45) is -7.61. The van der Waals surface area contributed by atoms with Gasteiger partial charge in [-0.2, -0.15) is 26.3 Å². The van der Waals surface area contributed by atoms with Gasteiger partial charge >= 0.3 is 12.4 Å². The molecule has 40 heavy (non-hydrogen) atoms. The SMILES string of the molecule is O=C1CCC(c2cnc3ccc(C4(O)CCN(Cc5ccc(C(F)(F)F)cc5)CC4C(F)(F)F)cc3c2)C(=O)N1. The van der Waals surface area contributed by atoms with Gasteiger partial charge in [-0.25, -0.2) is 0 Å². The fourth-order valence-corrected chi connectivity index (χ4v) is 5.54. The van der Waals surface area contributed by atoms with E-state index in [1.807, 2.05) is 0 Å². The van der Waals surface area contributed by atoms with Gasteiger partial charge in [0.1, 0.15) is 11.5 Å². The normalized spacial score (nSPS) is 24.8. The molecule has 3 unspecified atom stereocenters. The number of likely N-dealkylation sites (tertiary alicyclic amines) is 1. The van der Waals surface area contributed by atoms with Crippen molar-refractivity contribution in [1.29, 1.82) is 0 Å². The summed E-state index contributed by atoms with van der Waals surface area (Å²) in [5.74, 6) is -3.63. The van der Waals surface area contributed by atoms with Crippen molar-refractivity contribution in [3.05, 3.63) is 77.0 Å². The van der Waals surface area contributed by atoms with Crippen LogP contribution in [0.25, 0.3) is 10.9 Å². The first kappa shape index (κ1) is 28.0. The molecule has 2 saturated heterocycles. The van der Waals surface area contributed by atoms with Crippen molar-refractivity contribution in [2.75, 3.05) is 13.1 Å². The van der Waals surface area contributed by atoms with E-state index in [0.29, 0.717) is 22.0 Å². The minimum absolute atomic E-state index is 0.00223. The Hall–Kier alpha value is -3.51. The summed E-state index contributed by atoms with van der Waals surface area (Å²) in [7, 11) is 0. The maximum atomic E-state index is 14.3. The minimum atomic E-state index is -4.77. The standard InChI is InChI=1S/C28H25F6N3O3/c29-27(30,31)19-3-1-16(2-4-19)14-37-10-9-26(40,23(15-37)28(32,33)34)20-5-7-22-17(12-20)11-18(13-35-22)21-6-8-24(38)36-25(21)39/h1-5,7,11-13,21,23,40H,6,8-10,14-15H2,(H,36,38,39). The molecule has 2 aliphatic rings. The zero-order chi connectivity index (χ0) is 28.9. The lowest BCUT2D eigenvalue weighted by atomic mass is 9.75. The Morgan fingerprint density at radius 1 is 1.02 bits per heavy atom. The van der Waals surface area contributed by atoms with Crippen LogP contribution in [0.3, 0.4) is 0 Å². The lowest BCUT2D eigenvalue weighted by Gasteiger charge is -2.45. The number of aromatic nitrogens is 1. The van der Waals surface area contributed by atoms with Gasteiger partial charge in [-0.3, -0.25) is 24.8 Å². The molecule has 2 aliphatic heterocycles. The molecule has 6 nitrogen and oxygen atoms in total. The molecule has 5 rings (SSSR count). The first-order valence-electron chi connectivity index (χ1n) is 12.7. The number of amides is 2. The average Bonchev–Trinajstić information content (AvgIpc) is 2.88. The molecule has 0 bridgehead atoms. The van der Waals surface area contributed by atoms with Crippen molar-refractivity contribution >= 4 is 22.7 Å². The molecule has 0 spiro atoms. The average molecular weight is 566 g/mol. The monoisotopic (exact) mass is 565 g/mol. The Morgan fingerprint density at radius 2 is 1.75 bits per heavy atom. The molecule has 2 amide bonds. The van der Waals surface area contributed by atoms with Crippen molar-refractivity contribution in [2.45, 2.75) is 49.7 Å². The number of piperidine rings is 2. The van der Waals surface area contributed by atoms with Gasteiger partial charge in [0.2, 0.25) is 11.8 Å². The zero-order valence-corrected chi connectivity index (χ0v) is 21.0. The van der Waals surface area contributed by atoms with E-state index in [4.69, 9.17) is 0 Å². The highest BCUT2D eigenvalue weighted by atomic mass is 19.4. The van der Waals surface area contributed by atoms with Crippen LogP contribution in [0, 0.1) is 5.92 Å². The number of halogens is 6. The first-order chi connectivity index (χ1) is 18.7. The van der Waals surface area contributed by atoms with Gasteiger partial charge in [0.05, 0.1) is 17.0 Å². The van der Waals surface area contributed by atoms with Gasteiger partial charge in [-0.15, -0.1) is 0 Å². The molecule has 2 N–H and O–H groups in total. The van der Waals surface area contributed by atoms with Crippen molar-refractivity contribution in [1.82, 2.24) is 15.2 Å². The van der Waals surface area contributed by atoms with Gasteiger partial charge in [0, 0.05) is 37.6 Å². The molecule has 212 valence electrons. The highest BCUT2D eigenvalue weighted by molar-refractivity contribution is 6.01. The van der Waals surface area contributed by atoms with Crippen LogP contribution in [0.5, 0.6) is 0 Å². The van der Waals surface area contributed by atoms with E-state index < -0.39 is 47.8 Å². The molecule has 3 heterocycles. The molecule has 2 aromatic carbocycles. The molecule has 0 saturated carbocycles. The van der Waals surface area contributed by atoms with Crippen LogP contribution in [0.2, 0.25) is 0 Å². The molecule has 2 fully saturated rings. The van der Waals surface area contributed by atoms with Crippen LogP contribution < -0.4 is 5.32 Å². The number of carbonyl (C=O) groups is 2. The van der Waals surface area contributed by atoms with E-state index in [-0.39, 0.29) is 43.8 Å². The second kappa shape index (κ2) is 10.2. The highest BCUT2D eigenvalue weighted by Gasteiger charge is 2.56. The zero-order valence-electron chi connectivity index (χ0n) is 21.0. The van der Waals surface area contributed by atoms with Crippen LogP contribution >= 0.6 is 0 Å². The third kappa shape index (κ3) is 5.55. The third-order valence-corrected chi connectivity index (χ3v) is 7.75. The first-order valence-corrected chi connectivity index (χ1v) is 12.7. The van der Waals surface area contributed by atoms with Crippen LogP contribution in [0.15, 0.2) is 54.7 Å². The number of nitrogens with one attached hydrogen (secondary N) is 1. The van der Waals surface area contributed by atoms with Gasteiger partial charge in [0.25, 0.3) is 0 Å². The largest absolute Gasteiger partial charge is 0.416 e. The minimum Gasteiger partial charge on any atom is -0.384 e. The van der Waals surface area contributed by atoms with Crippen LogP contribution in [0.1, 0.15) is 47.4 Å². The number of hydrogen-bond acceptors (Lipinski definition) is 5. The molecular formula is C28H25F6N3O3. The van der Waals surface area contributed by atoms with Crippen molar-refractivity contribution < 1.29 is 41.0 Å². The lowest BCUT2D eigenvalue weighted by molar-refractivity contribution is -0.248. The van der Waals surface area contributed by atoms with Crippen LogP contribution in [-0.4, -0.2) is 46.1 Å². The van der Waals surface area contributed by atoms with Gasteiger partial charge < -0.3 is 5.11 Å². The maximum Gasteiger partial charge on any atom is 0.416 e. The smallest absolute Gasteiger partial charge is 0.384 e. The number of nitrogens with zero attached hydrogens (tertiary/aromatic N) is 2. The number of alkyl halides is 6. The second-order valence-electron chi connectivity index (χ2n) is 10.4. The quantitative estimate of drug-likeness (QED) is 0.342. The molecule has 3 aromatic rings. The van der Waals surface area contributed by atoms with E-state index in [9.17, 15) is 41.0 Å². The van der Waals surface area contributed by atoms with E-state index in [1.54, 1.807) is 6.07 Å². The number of benzene rings is 2. The van der Waals surface area contributed by atoms with Crippen molar-refractivity contribution in [3.8, 4) is 0 Å². The van der Waals surface area contributed by atoms with Crippen LogP contribution in [0.4, 0.5) is 26.3 Å². The summed E-state index contributed by atoms with van der Waals surface area (Å²) in [5, 5.41) is 14.2. The fraction of sp³-hybridized carbons (Fsp3) is 0.393. The number of rotatable bonds is 4. The summed E-state index contributed by atoms with van der Waals surface area (Å²) >= 11 is 0. The predicted molar refractivity (Wildman–Crippen MR) is 132 cm³/mol. The molecule has 1 aromatic heterocycles. The Morgan fingerprint density at radius 3 is 2.40 bits per heavy atom. The molecule has 0 radical (unpaired) electrons. The highest BCUT2D eigenvalue weighted by Crippen LogP contribution is 2.46. The topological polar surface area (TPSA) is 82.5 Å². The molecule has 0 aliphatic carbocycles. The number of pyridine rings is 1. The van der Waals surface area contributed by atoms with Crippen molar-refractivity contribution in [3.63, 3.8) is 0 Å². The Labute approximate surface area is 225 Å². The van der Waals surface area contributed by atoms with E-state index in [1.165, 1.54) is 41.4 Å². The van der Waals surface area contributed by atoms with Gasteiger partial charge in [-0.05, 0) is 59.9 Å². The summed E-state index contributed by atoms with van der Waals surface area (Å²) in [5.41, 5.74) is -1.64. The van der Waals surface area contributed by atoms with Crippen LogP contribution in [-0.2, 0) is 27.9 Å².